The Hall–Kier alpha value is -6.27. The van der Waals surface area contributed by atoms with Crippen molar-refractivity contribution in [2.24, 2.45) is 5.92 Å². The molecule has 3 aromatic carbocycles. The fourth-order valence-corrected chi connectivity index (χ4v) is 9.59. The van der Waals surface area contributed by atoms with Gasteiger partial charge in [0.25, 0.3) is 0 Å². The van der Waals surface area contributed by atoms with E-state index in [4.69, 9.17) is 35.3 Å². The summed E-state index contributed by atoms with van der Waals surface area (Å²) in [6.07, 6.45) is 0.0915. The summed E-state index contributed by atoms with van der Waals surface area (Å²) in [4.78, 5) is 85.9. The fraction of sp³-hybridized carbons (Fsp3) is 0.481. The highest BCUT2D eigenvalue weighted by Crippen LogP contribution is 2.49. The predicted molar refractivity (Wildman–Crippen MR) is 271 cm³/mol. The van der Waals surface area contributed by atoms with Gasteiger partial charge in [-0.15, -0.1) is 0 Å². The van der Waals surface area contributed by atoms with E-state index in [1.165, 1.54) is 38.0 Å². The summed E-state index contributed by atoms with van der Waals surface area (Å²) >= 11 is 6.82. The molecule has 3 heterocycles. The number of hydrogen-bond donors (Lipinski definition) is 3. The molecule has 3 aromatic rings. The minimum Gasteiger partial charge on any atom is -0.495 e. The number of methoxy groups -OCH3 is 2. The first-order valence-electron chi connectivity index (χ1n) is 24.1. The number of fused-ring (bicyclic) bond motifs is 5. The number of aliphatic hydroxyl groups is 1. The van der Waals surface area contributed by atoms with E-state index in [1.807, 2.05) is 75.4 Å². The smallest absolute Gasteiger partial charge is 0.409 e. The number of likely N-dealkylation sites (N-methyl/N-ethyl adjacent to an activating group) is 1. The molecule has 0 saturated carbocycles. The number of carbonyl (C=O) groups is 6. The Morgan fingerprint density at radius 3 is 2.38 bits per heavy atom. The van der Waals surface area contributed by atoms with Gasteiger partial charge < -0.3 is 48.8 Å². The largest absolute Gasteiger partial charge is 0.495 e. The van der Waals surface area contributed by atoms with Gasteiger partial charge in [-0.3, -0.25) is 24.5 Å². The maximum absolute atomic E-state index is 14.4. The third-order valence-electron chi connectivity index (χ3n) is 14.0. The Morgan fingerprint density at radius 2 is 1.69 bits per heavy atom. The van der Waals surface area contributed by atoms with Gasteiger partial charge in [0.2, 0.25) is 23.6 Å². The minimum atomic E-state index is -1.88. The van der Waals surface area contributed by atoms with Crippen LogP contribution in [0.4, 0.5) is 16.2 Å². The highest BCUT2D eigenvalue weighted by Gasteiger charge is 2.64. The molecule has 3 N–H and O–H groups in total. The van der Waals surface area contributed by atoms with Crippen molar-refractivity contribution < 1.29 is 57.6 Å². The van der Waals surface area contributed by atoms with Crippen LogP contribution >= 0.6 is 11.6 Å². The van der Waals surface area contributed by atoms with E-state index in [9.17, 15) is 33.9 Å². The van der Waals surface area contributed by atoms with Gasteiger partial charge in [-0.2, -0.15) is 0 Å². The van der Waals surface area contributed by atoms with Crippen LogP contribution in [0.1, 0.15) is 82.1 Å². The van der Waals surface area contributed by atoms with E-state index in [2.05, 4.69) is 10.6 Å². The van der Waals surface area contributed by atoms with E-state index in [0.717, 1.165) is 33.5 Å². The number of amides is 5. The van der Waals surface area contributed by atoms with Crippen molar-refractivity contribution in [2.45, 2.75) is 128 Å². The minimum absolute atomic E-state index is 0.0557. The van der Waals surface area contributed by atoms with Crippen molar-refractivity contribution in [2.75, 3.05) is 44.7 Å². The molecule has 3 aliphatic heterocycles. The Kier molecular flexibility index (Phi) is 18.0. The zero-order valence-electron chi connectivity index (χ0n) is 42.8. The molecule has 8 atom stereocenters. The van der Waals surface area contributed by atoms with Crippen molar-refractivity contribution in [1.29, 1.82) is 0 Å². The third kappa shape index (κ3) is 12.8. The van der Waals surface area contributed by atoms with Crippen LogP contribution in [-0.4, -0.2) is 122 Å². The maximum Gasteiger partial charge on any atom is 0.409 e. The molecule has 18 heteroatoms. The maximum atomic E-state index is 14.4. The fourth-order valence-electron chi connectivity index (χ4n) is 9.28. The van der Waals surface area contributed by atoms with Crippen LogP contribution in [0.25, 0.3) is 0 Å². The predicted octanol–water partition coefficient (Wildman–Crippen LogP) is 6.65. The number of benzene rings is 3. The first-order chi connectivity index (χ1) is 34.1. The van der Waals surface area contributed by atoms with Gasteiger partial charge in [-0.05, 0) is 81.5 Å². The number of nitrogens with zero attached hydrogens (tertiary/aromatic N) is 3. The second-order valence-corrected chi connectivity index (χ2v) is 19.6. The molecule has 5 amide bonds. The number of ether oxygens (including phenoxy) is 5. The number of rotatable bonds is 14. The quantitative estimate of drug-likeness (QED) is 0.115. The zero-order chi connectivity index (χ0) is 52.7. The average molecular weight is 1010 g/mol. The first kappa shape index (κ1) is 55.1. The molecule has 0 unspecified atom stereocenters. The number of allylic oxidation sites excluding steroid dienone is 3. The van der Waals surface area contributed by atoms with Crippen LogP contribution in [0.2, 0.25) is 5.02 Å². The molecule has 4 bridgehead atoms. The molecule has 0 aromatic heterocycles. The Balaban J connectivity index is 1.14. The van der Waals surface area contributed by atoms with Crippen LogP contribution in [0.3, 0.4) is 0 Å². The molecular formula is C54H68ClN5O12. The average Bonchev–Trinajstić information content (AvgIpc) is 4.04. The summed E-state index contributed by atoms with van der Waals surface area (Å²) in [5.41, 5.74) is 2.54. The molecule has 6 rings (SSSR count). The van der Waals surface area contributed by atoms with Gasteiger partial charge in [0.15, 0.2) is 5.72 Å². The number of hydrogen-bond acceptors (Lipinski definition) is 12. The normalized spacial score (nSPS) is 25.8. The SMILES string of the molecule is COc1cc2cc(c1Cl)N(C)C(=O)C[C@H](OC(=O)[C@@H](C)N(C)C(=O)CCNC(=O)CCC(=O)N(Cc1ccccc1C)c1ccccc1C)[C@]1(C)O[C@H]1[C@H](C)[C@@H]1C[C@@](O)(NC(=O)O1)[C@H](OC)/C=C/C=C(\C)C2. The Labute approximate surface area is 426 Å². The number of epoxide rings is 1. The monoisotopic (exact) mass is 1010 g/mol. The number of aryl methyl sites for hydroxylation is 2. The van der Waals surface area contributed by atoms with E-state index >= 15 is 0 Å². The molecule has 2 fully saturated rings. The molecular weight excluding hydrogens is 946 g/mol. The van der Waals surface area contributed by atoms with Gasteiger partial charge in [-0.25, -0.2) is 9.59 Å². The zero-order valence-corrected chi connectivity index (χ0v) is 43.5. The lowest BCUT2D eigenvalue weighted by atomic mass is 9.83. The number of nitrogens with one attached hydrogen (secondary N) is 2. The number of anilines is 2. The van der Waals surface area contributed by atoms with Crippen LogP contribution < -0.4 is 25.2 Å². The lowest BCUT2D eigenvalue weighted by Gasteiger charge is -2.42. The van der Waals surface area contributed by atoms with Gasteiger partial charge in [-0.1, -0.05) is 84.8 Å². The van der Waals surface area contributed by atoms with E-state index in [-0.39, 0.29) is 49.6 Å². The van der Waals surface area contributed by atoms with Crippen molar-refractivity contribution in [3.8, 4) is 5.75 Å². The van der Waals surface area contributed by atoms with Crippen LogP contribution in [0.15, 0.2) is 84.5 Å². The van der Waals surface area contributed by atoms with Crippen LogP contribution in [0.5, 0.6) is 5.75 Å². The molecule has 0 aliphatic carbocycles. The lowest BCUT2D eigenvalue weighted by molar-refractivity contribution is -0.162. The molecule has 0 spiro atoms. The number of esters is 1. The van der Waals surface area contributed by atoms with Crippen LogP contribution in [-0.2, 0) is 55.9 Å². The number of carbonyl (C=O) groups excluding carboxylic acids is 6. The first-order valence-corrected chi connectivity index (χ1v) is 24.5. The molecule has 388 valence electrons. The van der Waals surface area contributed by atoms with Crippen LogP contribution in [0, 0.1) is 19.8 Å². The van der Waals surface area contributed by atoms with E-state index in [1.54, 1.807) is 50.1 Å². The standard InChI is InChI=1S/C54H68ClN5O12/c1-32-16-15-21-43(69-10)54(67)30-42(70-52(66)57-54)35(4)50-53(6,72-50)44(29-48(64)59(8)40-27-37(26-32)28-41(68-9)49(40)55)71-51(65)36(5)58(7)46(62)24-25-56-45(61)22-23-47(63)60(39-20-14-12-18-34(39)3)31-38-19-13-11-17-33(38)2/h11-21,27-28,35-36,42-44,50,67H,22-26,29-31H2,1-10H3,(H,56,61)(H,57,66)/b21-15+,32-16+/t35-,36-,42+,43-,44+,50+,53+,54+/m1/s1. The van der Waals surface area contributed by atoms with Gasteiger partial charge in [0.1, 0.15) is 40.7 Å². The summed E-state index contributed by atoms with van der Waals surface area (Å²) in [6.45, 7) is 11.0. The second-order valence-electron chi connectivity index (χ2n) is 19.2. The van der Waals surface area contributed by atoms with Crippen molar-refractivity contribution in [1.82, 2.24) is 15.5 Å². The number of para-hydroxylation sites is 1. The number of alkyl carbamates (subject to hydrolysis) is 1. The third-order valence-corrected chi connectivity index (χ3v) is 14.4. The van der Waals surface area contributed by atoms with Crippen molar-refractivity contribution in [3.63, 3.8) is 0 Å². The Morgan fingerprint density at radius 1 is 1.00 bits per heavy atom. The lowest BCUT2D eigenvalue weighted by Crippen LogP contribution is -2.63. The van der Waals surface area contributed by atoms with Gasteiger partial charge in [0, 0.05) is 65.0 Å². The van der Waals surface area contributed by atoms with Gasteiger partial charge in [0.05, 0.1) is 31.9 Å². The Bertz CT molecular complexity index is 2590. The molecule has 2 saturated heterocycles. The molecule has 17 nitrogen and oxygen atoms in total. The molecule has 0 radical (unpaired) electrons. The highest BCUT2D eigenvalue weighted by molar-refractivity contribution is 6.35. The summed E-state index contributed by atoms with van der Waals surface area (Å²) in [5.74, 6) is -2.70. The van der Waals surface area contributed by atoms with E-state index < -0.39 is 77.5 Å². The molecule has 72 heavy (non-hydrogen) atoms. The summed E-state index contributed by atoms with van der Waals surface area (Å²) in [7, 11) is 5.87. The summed E-state index contributed by atoms with van der Waals surface area (Å²) < 4.78 is 29.4. The van der Waals surface area contributed by atoms with Crippen molar-refractivity contribution >= 4 is 58.7 Å². The highest BCUT2D eigenvalue weighted by atomic mass is 35.5. The van der Waals surface area contributed by atoms with Gasteiger partial charge >= 0.3 is 12.1 Å². The van der Waals surface area contributed by atoms with E-state index in [0.29, 0.717) is 24.4 Å². The topological polar surface area (TPSA) is 206 Å². The summed E-state index contributed by atoms with van der Waals surface area (Å²) in [6, 6.07) is 17.8. The second kappa shape index (κ2) is 23.5. The van der Waals surface area contributed by atoms with Crippen molar-refractivity contribution in [3.05, 3.63) is 112 Å². The summed E-state index contributed by atoms with van der Waals surface area (Å²) in [5, 5.41) is 17.3. The number of halogens is 1. The molecule has 3 aliphatic rings.